The molecule has 35 heavy (non-hydrogen) atoms. The third-order valence-electron chi connectivity index (χ3n) is 8.20. The molecule has 1 saturated heterocycles. The highest BCUT2D eigenvalue weighted by Crippen LogP contribution is 2.44. The molecule has 2 N–H and O–H groups in total. The number of fused-ring (bicyclic) bond motifs is 1. The summed E-state index contributed by atoms with van der Waals surface area (Å²) >= 11 is 0. The summed E-state index contributed by atoms with van der Waals surface area (Å²) < 4.78 is 6.64. The molecule has 1 fully saturated rings. The lowest BCUT2D eigenvalue weighted by Crippen LogP contribution is -2.53. The Morgan fingerprint density at radius 1 is 0.800 bits per heavy atom. The molecule has 0 aromatic heterocycles. The molecule has 0 radical (unpaired) electrons. The predicted molar refractivity (Wildman–Crippen MR) is 145 cm³/mol. The smallest absolute Gasteiger partial charge is 0.127 e. The van der Waals surface area contributed by atoms with Gasteiger partial charge in [0.25, 0.3) is 0 Å². The Balaban J connectivity index is 1.23. The van der Waals surface area contributed by atoms with Crippen molar-refractivity contribution in [2.24, 2.45) is 0 Å². The zero-order chi connectivity index (χ0) is 24.6. The van der Waals surface area contributed by atoms with Gasteiger partial charge in [0.05, 0.1) is 0 Å². The highest BCUT2D eigenvalue weighted by atomic mass is 16.5. The summed E-state index contributed by atoms with van der Waals surface area (Å²) in [7, 11) is 0. The van der Waals surface area contributed by atoms with E-state index in [-0.39, 0.29) is 5.60 Å². The van der Waals surface area contributed by atoms with Crippen LogP contribution < -0.4 is 10.5 Å². The molecule has 0 aliphatic carbocycles. The molecular formula is C31H39N3O. The standard InChI is InChI=1S/C31H39N3O/c1-22-23(2)30-27(24(3)29(22)32)19-31(4,35-30)21-34-17-15-33(16-18-34)20-28(25-11-7-5-8-12-25)26-13-9-6-10-14-26/h5-14,28H,15-21,32H2,1-4H3. The van der Waals surface area contributed by atoms with Crippen molar-refractivity contribution in [2.75, 3.05) is 45.0 Å². The Morgan fingerprint density at radius 3 is 1.91 bits per heavy atom. The molecule has 2 aliphatic heterocycles. The van der Waals surface area contributed by atoms with E-state index in [2.05, 4.69) is 98.2 Å². The zero-order valence-corrected chi connectivity index (χ0v) is 21.7. The van der Waals surface area contributed by atoms with Gasteiger partial charge in [-0.05, 0) is 55.5 Å². The van der Waals surface area contributed by atoms with Gasteiger partial charge in [-0.15, -0.1) is 0 Å². The summed E-state index contributed by atoms with van der Waals surface area (Å²) in [6.45, 7) is 15.0. The molecule has 2 aliphatic rings. The predicted octanol–water partition coefficient (Wildman–Crippen LogP) is 5.34. The minimum Gasteiger partial charge on any atom is -0.485 e. The lowest BCUT2D eigenvalue weighted by molar-refractivity contribution is 0.0373. The maximum atomic E-state index is 6.64. The molecule has 0 amide bonds. The van der Waals surface area contributed by atoms with E-state index < -0.39 is 0 Å². The zero-order valence-electron chi connectivity index (χ0n) is 21.7. The molecular weight excluding hydrogens is 430 g/mol. The highest BCUT2D eigenvalue weighted by molar-refractivity contribution is 5.66. The van der Waals surface area contributed by atoms with Crippen molar-refractivity contribution >= 4 is 5.69 Å². The number of piperazine rings is 1. The fourth-order valence-corrected chi connectivity index (χ4v) is 5.94. The largest absolute Gasteiger partial charge is 0.485 e. The summed E-state index contributed by atoms with van der Waals surface area (Å²) in [4.78, 5) is 5.22. The van der Waals surface area contributed by atoms with Crippen molar-refractivity contribution in [1.29, 1.82) is 0 Å². The van der Waals surface area contributed by atoms with Crippen molar-refractivity contribution < 1.29 is 4.74 Å². The maximum absolute atomic E-state index is 6.64. The van der Waals surface area contributed by atoms with E-state index in [9.17, 15) is 0 Å². The quantitative estimate of drug-likeness (QED) is 0.495. The molecule has 4 nitrogen and oxygen atoms in total. The SMILES string of the molecule is Cc1c(C)c2c(c(C)c1N)CC(C)(CN1CCN(CC(c3ccccc3)c3ccccc3)CC1)O2. The number of nitrogen functional groups attached to an aromatic ring is 1. The number of hydrogen-bond donors (Lipinski definition) is 1. The van der Waals surface area contributed by atoms with Gasteiger partial charge in [-0.25, -0.2) is 0 Å². The van der Waals surface area contributed by atoms with Crippen LogP contribution in [0.15, 0.2) is 60.7 Å². The first-order valence-corrected chi connectivity index (χ1v) is 13.0. The number of anilines is 1. The second-order valence-electron chi connectivity index (χ2n) is 10.8. The number of rotatable bonds is 6. The van der Waals surface area contributed by atoms with Crippen LogP contribution in [0.3, 0.4) is 0 Å². The van der Waals surface area contributed by atoms with Crippen LogP contribution in [0.25, 0.3) is 0 Å². The monoisotopic (exact) mass is 469 g/mol. The molecule has 3 aromatic rings. The summed E-state index contributed by atoms with van der Waals surface area (Å²) in [5.41, 5.74) is 14.8. The van der Waals surface area contributed by atoms with Gasteiger partial charge < -0.3 is 10.5 Å². The summed E-state index contributed by atoms with van der Waals surface area (Å²) in [6.07, 6.45) is 0.934. The van der Waals surface area contributed by atoms with Crippen LogP contribution >= 0.6 is 0 Å². The van der Waals surface area contributed by atoms with Crippen LogP contribution in [-0.4, -0.2) is 54.7 Å². The van der Waals surface area contributed by atoms with Crippen molar-refractivity contribution in [2.45, 2.75) is 45.6 Å². The molecule has 1 unspecified atom stereocenters. The maximum Gasteiger partial charge on any atom is 0.127 e. The van der Waals surface area contributed by atoms with Crippen LogP contribution in [0.4, 0.5) is 5.69 Å². The minimum absolute atomic E-state index is 0.198. The fourth-order valence-electron chi connectivity index (χ4n) is 5.94. The van der Waals surface area contributed by atoms with Crippen LogP contribution in [0.2, 0.25) is 0 Å². The fraction of sp³-hybridized carbons (Fsp3) is 0.419. The first-order chi connectivity index (χ1) is 16.8. The molecule has 1 atom stereocenters. The van der Waals surface area contributed by atoms with E-state index in [4.69, 9.17) is 10.5 Å². The van der Waals surface area contributed by atoms with Gasteiger partial charge in [0.15, 0.2) is 0 Å². The van der Waals surface area contributed by atoms with Crippen LogP contribution in [0.5, 0.6) is 5.75 Å². The number of benzene rings is 3. The second kappa shape index (κ2) is 9.67. The number of nitrogens with zero attached hydrogens (tertiary/aromatic N) is 2. The lowest BCUT2D eigenvalue weighted by atomic mass is 9.90. The molecule has 2 heterocycles. The Kier molecular flexibility index (Phi) is 6.61. The molecule has 5 rings (SSSR count). The molecule has 0 bridgehead atoms. The Hall–Kier alpha value is -2.82. The topological polar surface area (TPSA) is 41.7 Å². The number of hydrogen-bond acceptors (Lipinski definition) is 4. The first-order valence-electron chi connectivity index (χ1n) is 13.0. The Labute approximate surface area is 210 Å². The molecule has 0 saturated carbocycles. The van der Waals surface area contributed by atoms with Gasteiger partial charge in [0.2, 0.25) is 0 Å². The van der Waals surface area contributed by atoms with Crippen LogP contribution in [0, 0.1) is 20.8 Å². The van der Waals surface area contributed by atoms with Gasteiger partial charge in [-0.2, -0.15) is 0 Å². The van der Waals surface area contributed by atoms with E-state index in [1.54, 1.807) is 0 Å². The summed E-state index contributed by atoms with van der Waals surface area (Å²) in [5.74, 6) is 1.47. The van der Waals surface area contributed by atoms with Crippen LogP contribution in [-0.2, 0) is 6.42 Å². The van der Waals surface area contributed by atoms with Crippen molar-refractivity contribution in [3.8, 4) is 5.75 Å². The van der Waals surface area contributed by atoms with Crippen LogP contribution in [0.1, 0.15) is 46.2 Å². The van der Waals surface area contributed by atoms with Crippen molar-refractivity contribution in [3.63, 3.8) is 0 Å². The van der Waals surface area contributed by atoms with Crippen molar-refractivity contribution in [3.05, 3.63) is 94.0 Å². The molecule has 0 spiro atoms. The number of ether oxygens (including phenoxy) is 1. The van der Waals surface area contributed by atoms with Crippen molar-refractivity contribution in [1.82, 2.24) is 9.80 Å². The summed E-state index contributed by atoms with van der Waals surface area (Å²) in [5, 5.41) is 0. The van der Waals surface area contributed by atoms with E-state index in [1.165, 1.54) is 27.8 Å². The molecule has 4 heteroatoms. The molecule has 3 aromatic carbocycles. The highest BCUT2D eigenvalue weighted by Gasteiger charge is 2.39. The van der Waals surface area contributed by atoms with E-state index >= 15 is 0 Å². The third-order valence-corrected chi connectivity index (χ3v) is 8.20. The Bertz CT molecular complexity index is 1090. The normalized spacial score (nSPS) is 20.7. The van der Waals surface area contributed by atoms with Gasteiger partial charge in [-0.1, -0.05) is 60.7 Å². The molecule has 184 valence electrons. The second-order valence-corrected chi connectivity index (χ2v) is 10.8. The lowest BCUT2D eigenvalue weighted by Gasteiger charge is -2.39. The average molecular weight is 470 g/mol. The van der Waals surface area contributed by atoms with Gasteiger partial charge in [0.1, 0.15) is 11.4 Å². The summed E-state index contributed by atoms with van der Waals surface area (Å²) in [6, 6.07) is 21.9. The van der Waals surface area contributed by atoms with E-state index in [0.29, 0.717) is 5.92 Å². The van der Waals surface area contributed by atoms with Gasteiger partial charge in [-0.3, -0.25) is 9.80 Å². The van der Waals surface area contributed by atoms with Gasteiger partial charge >= 0.3 is 0 Å². The first kappa shape index (κ1) is 23.9. The van der Waals surface area contributed by atoms with Gasteiger partial charge in [0, 0.05) is 62.9 Å². The van der Waals surface area contributed by atoms with E-state index in [1.807, 2.05) is 0 Å². The minimum atomic E-state index is -0.198. The van der Waals surface area contributed by atoms with E-state index in [0.717, 1.165) is 62.7 Å². The number of nitrogens with two attached hydrogens (primary N) is 1. The average Bonchev–Trinajstić information content (AvgIpc) is 3.24. The Morgan fingerprint density at radius 2 is 1.34 bits per heavy atom. The third kappa shape index (κ3) is 4.82.